The van der Waals surface area contributed by atoms with E-state index in [0.29, 0.717) is 0 Å². The summed E-state index contributed by atoms with van der Waals surface area (Å²) in [5, 5.41) is 0. The normalized spacial score (nSPS) is 18.8. The first kappa shape index (κ1) is 14.6. The highest BCUT2D eigenvalue weighted by atomic mass is 16.2. The Morgan fingerprint density at radius 3 is 2.80 bits per heavy atom. The van der Waals surface area contributed by atoms with Crippen LogP contribution in [0.25, 0.3) is 0 Å². The van der Waals surface area contributed by atoms with Gasteiger partial charge < -0.3 is 14.7 Å². The quantitative estimate of drug-likeness (QED) is 0.819. The SMILES string of the molecule is Cc1ccnc(N2CCCC(N(C)C(=O)N(C)C)C2)n1. The molecule has 6 heteroatoms. The molecule has 0 bridgehead atoms. The third-order valence-corrected chi connectivity index (χ3v) is 3.69. The van der Waals surface area contributed by atoms with Gasteiger partial charge in [-0.3, -0.25) is 0 Å². The highest BCUT2D eigenvalue weighted by molar-refractivity contribution is 5.74. The zero-order valence-electron chi connectivity index (χ0n) is 12.7. The second-order valence-electron chi connectivity index (χ2n) is 5.53. The fraction of sp³-hybridized carbons (Fsp3) is 0.643. The van der Waals surface area contributed by atoms with Gasteiger partial charge in [0, 0.05) is 46.1 Å². The zero-order chi connectivity index (χ0) is 14.7. The first-order chi connectivity index (χ1) is 9.49. The van der Waals surface area contributed by atoms with Gasteiger partial charge in [-0.05, 0) is 25.8 Å². The maximum absolute atomic E-state index is 12.0. The number of amides is 2. The van der Waals surface area contributed by atoms with Gasteiger partial charge >= 0.3 is 6.03 Å². The molecule has 2 rings (SSSR count). The predicted molar refractivity (Wildman–Crippen MR) is 78.9 cm³/mol. The van der Waals surface area contributed by atoms with Crippen molar-refractivity contribution in [3.05, 3.63) is 18.0 Å². The molecular weight excluding hydrogens is 254 g/mol. The molecule has 0 aromatic carbocycles. The van der Waals surface area contributed by atoms with Crippen LogP contribution in [-0.4, -0.2) is 66.1 Å². The molecule has 2 heterocycles. The van der Waals surface area contributed by atoms with Gasteiger partial charge in [0.05, 0.1) is 6.04 Å². The van der Waals surface area contributed by atoms with E-state index in [-0.39, 0.29) is 12.1 Å². The molecule has 1 atom stereocenters. The van der Waals surface area contributed by atoms with Crippen molar-refractivity contribution in [3.8, 4) is 0 Å². The zero-order valence-corrected chi connectivity index (χ0v) is 12.7. The van der Waals surface area contributed by atoms with Gasteiger partial charge in [0.2, 0.25) is 5.95 Å². The number of urea groups is 1. The number of hydrogen-bond donors (Lipinski definition) is 0. The number of likely N-dealkylation sites (N-methyl/N-ethyl adjacent to an activating group) is 1. The van der Waals surface area contributed by atoms with Crippen LogP contribution in [0.5, 0.6) is 0 Å². The lowest BCUT2D eigenvalue weighted by molar-refractivity contribution is 0.157. The Morgan fingerprint density at radius 2 is 2.15 bits per heavy atom. The molecule has 2 amide bonds. The summed E-state index contributed by atoms with van der Waals surface area (Å²) in [7, 11) is 5.43. The minimum Gasteiger partial charge on any atom is -0.339 e. The number of hydrogen-bond acceptors (Lipinski definition) is 4. The van der Waals surface area contributed by atoms with Crippen LogP contribution in [0.4, 0.5) is 10.7 Å². The topological polar surface area (TPSA) is 52.6 Å². The Kier molecular flexibility index (Phi) is 4.42. The van der Waals surface area contributed by atoms with E-state index >= 15 is 0 Å². The van der Waals surface area contributed by atoms with Crippen LogP contribution in [-0.2, 0) is 0 Å². The summed E-state index contributed by atoms with van der Waals surface area (Å²) in [6, 6.07) is 2.15. The molecule has 6 nitrogen and oxygen atoms in total. The summed E-state index contributed by atoms with van der Waals surface area (Å²) in [5.41, 5.74) is 0.967. The van der Waals surface area contributed by atoms with E-state index in [1.165, 1.54) is 0 Å². The predicted octanol–water partition coefficient (Wildman–Crippen LogP) is 1.37. The number of aromatic nitrogens is 2. The Hall–Kier alpha value is -1.85. The fourth-order valence-corrected chi connectivity index (χ4v) is 2.51. The molecule has 0 spiro atoms. The van der Waals surface area contributed by atoms with Crippen molar-refractivity contribution in [2.24, 2.45) is 0 Å². The Balaban J connectivity index is 2.07. The average molecular weight is 277 g/mol. The van der Waals surface area contributed by atoms with Gasteiger partial charge in [-0.15, -0.1) is 0 Å². The Labute approximate surface area is 120 Å². The van der Waals surface area contributed by atoms with E-state index in [0.717, 1.165) is 37.6 Å². The maximum atomic E-state index is 12.0. The van der Waals surface area contributed by atoms with Crippen LogP contribution in [0.1, 0.15) is 18.5 Å². The van der Waals surface area contributed by atoms with Gasteiger partial charge in [0.1, 0.15) is 0 Å². The van der Waals surface area contributed by atoms with Crippen molar-refractivity contribution in [1.29, 1.82) is 0 Å². The van der Waals surface area contributed by atoms with Gasteiger partial charge in [-0.2, -0.15) is 0 Å². The summed E-state index contributed by atoms with van der Waals surface area (Å²) in [5.74, 6) is 0.764. The smallest absolute Gasteiger partial charge is 0.319 e. The maximum Gasteiger partial charge on any atom is 0.319 e. The molecule has 1 aromatic heterocycles. The summed E-state index contributed by atoms with van der Waals surface area (Å²) >= 11 is 0. The van der Waals surface area contributed by atoms with Gasteiger partial charge in [-0.1, -0.05) is 0 Å². The largest absolute Gasteiger partial charge is 0.339 e. The van der Waals surface area contributed by atoms with Crippen molar-refractivity contribution in [2.45, 2.75) is 25.8 Å². The third-order valence-electron chi connectivity index (χ3n) is 3.69. The van der Waals surface area contributed by atoms with Gasteiger partial charge in [-0.25, -0.2) is 14.8 Å². The second kappa shape index (κ2) is 6.07. The summed E-state index contributed by atoms with van der Waals surface area (Å²) < 4.78 is 0. The van der Waals surface area contributed by atoms with E-state index < -0.39 is 0 Å². The molecule has 1 fully saturated rings. The van der Waals surface area contributed by atoms with E-state index in [2.05, 4.69) is 14.9 Å². The van der Waals surface area contributed by atoms with E-state index in [1.54, 1.807) is 25.2 Å². The molecule has 0 aliphatic carbocycles. The number of rotatable bonds is 2. The van der Waals surface area contributed by atoms with Gasteiger partial charge in [0.15, 0.2) is 0 Å². The van der Waals surface area contributed by atoms with Crippen molar-refractivity contribution in [1.82, 2.24) is 19.8 Å². The standard InChI is InChI=1S/C14H23N5O/c1-11-7-8-15-13(16-11)19-9-5-6-12(10-19)18(4)14(20)17(2)3/h7-8,12H,5-6,9-10H2,1-4H3. The lowest BCUT2D eigenvalue weighted by Gasteiger charge is -2.38. The molecule has 110 valence electrons. The highest BCUT2D eigenvalue weighted by Crippen LogP contribution is 2.19. The van der Waals surface area contributed by atoms with E-state index in [1.807, 2.05) is 24.9 Å². The molecule has 1 unspecified atom stereocenters. The fourth-order valence-electron chi connectivity index (χ4n) is 2.51. The molecule has 1 aliphatic heterocycles. The summed E-state index contributed by atoms with van der Waals surface area (Å²) in [6.07, 6.45) is 3.86. The minimum absolute atomic E-state index is 0.0435. The van der Waals surface area contributed by atoms with Crippen LogP contribution < -0.4 is 4.90 Å². The molecule has 1 saturated heterocycles. The lowest BCUT2D eigenvalue weighted by Crippen LogP contribution is -2.51. The molecule has 0 radical (unpaired) electrons. The van der Waals surface area contributed by atoms with Crippen LogP contribution in [0, 0.1) is 6.92 Å². The molecule has 0 N–H and O–H groups in total. The van der Waals surface area contributed by atoms with E-state index in [4.69, 9.17) is 0 Å². The van der Waals surface area contributed by atoms with Crippen LogP contribution in [0.2, 0.25) is 0 Å². The first-order valence-electron chi connectivity index (χ1n) is 6.97. The highest BCUT2D eigenvalue weighted by Gasteiger charge is 2.27. The molecule has 1 aliphatic rings. The third kappa shape index (κ3) is 3.18. The molecular formula is C14H23N5O. The number of aryl methyl sites for hydroxylation is 1. The lowest BCUT2D eigenvalue weighted by atomic mass is 10.1. The number of carbonyl (C=O) groups is 1. The number of nitrogens with zero attached hydrogens (tertiary/aromatic N) is 5. The number of anilines is 1. The van der Waals surface area contributed by atoms with Crippen molar-refractivity contribution in [2.75, 3.05) is 39.1 Å². The molecule has 20 heavy (non-hydrogen) atoms. The van der Waals surface area contributed by atoms with Crippen LogP contribution in [0.3, 0.4) is 0 Å². The monoisotopic (exact) mass is 277 g/mol. The van der Waals surface area contributed by atoms with Gasteiger partial charge in [0.25, 0.3) is 0 Å². The van der Waals surface area contributed by atoms with Crippen LogP contribution >= 0.6 is 0 Å². The minimum atomic E-state index is 0.0435. The first-order valence-corrected chi connectivity index (χ1v) is 6.97. The second-order valence-corrected chi connectivity index (χ2v) is 5.53. The molecule has 1 aromatic rings. The summed E-state index contributed by atoms with van der Waals surface area (Å²) in [6.45, 7) is 3.71. The van der Waals surface area contributed by atoms with E-state index in [9.17, 15) is 4.79 Å². The summed E-state index contributed by atoms with van der Waals surface area (Å²) in [4.78, 5) is 26.5. The van der Waals surface area contributed by atoms with Crippen molar-refractivity contribution >= 4 is 12.0 Å². The Bertz CT molecular complexity index is 476. The van der Waals surface area contributed by atoms with Crippen molar-refractivity contribution < 1.29 is 4.79 Å². The number of piperidine rings is 1. The molecule has 0 saturated carbocycles. The number of carbonyl (C=O) groups excluding carboxylic acids is 1. The van der Waals surface area contributed by atoms with Crippen LogP contribution in [0.15, 0.2) is 12.3 Å². The Morgan fingerprint density at radius 1 is 1.40 bits per heavy atom. The van der Waals surface area contributed by atoms with Crippen molar-refractivity contribution in [3.63, 3.8) is 0 Å². The average Bonchev–Trinajstić information content (AvgIpc) is 2.45.